The molecule has 1 saturated heterocycles. The molecule has 7 heteroatoms. The van der Waals surface area contributed by atoms with Gasteiger partial charge in [0.15, 0.2) is 0 Å². The van der Waals surface area contributed by atoms with Crippen LogP contribution in [0.2, 0.25) is 0 Å². The number of sulfonamides is 1. The quantitative estimate of drug-likeness (QED) is 0.643. The van der Waals surface area contributed by atoms with Crippen molar-refractivity contribution < 1.29 is 13.2 Å². The number of nitrogens with zero attached hydrogens (tertiary/aromatic N) is 1. The Balaban J connectivity index is 2.40. The average molecular weight is 277 g/mol. The van der Waals surface area contributed by atoms with Crippen LogP contribution in [0.3, 0.4) is 0 Å². The van der Waals surface area contributed by atoms with E-state index in [1.807, 2.05) is 7.05 Å². The topological polar surface area (TPSA) is 78.5 Å². The molecule has 1 aliphatic heterocycles. The van der Waals surface area contributed by atoms with Crippen molar-refractivity contribution >= 4 is 15.9 Å². The summed E-state index contributed by atoms with van der Waals surface area (Å²) in [5, 5.41) is 3.00. The molecule has 1 aliphatic rings. The van der Waals surface area contributed by atoms with Crippen LogP contribution in [-0.4, -0.2) is 58.2 Å². The third kappa shape index (κ3) is 5.79. The van der Waals surface area contributed by atoms with Gasteiger partial charge in [-0.2, -0.15) is 0 Å². The maximum atomic E-state index is 11.9. The molecule has 0 aromatic carbocycles. The standard InChI is InChI=1S/C11H23N3O3S/c1-12-7-3-6-11(15)14-8-4-5-10(9-14)13-18(2,16)17/h10,12-13H,3-9H2,1-2H3. The molecule has 0 radical (unpaired) electrons. The van der Waals surface area contributed by atoms with E-state index in [0.717, 1.165) is 38.6 Å². The van der Waals surface area contributed by atoms with Crippen LogP contribution in [0.5, 0.6) is 0 Å². The Morgan fingerprint density at radius 3 is 2.78 bits per heavy atom. The van der Waals surface area contributed by atoms with Crippen molar-refractivity contribution in [2.24, 2.45) is 0 Å². The maximum absolute atomic E-state index is 11.9. The van der Waals surface area contributed by atoms with E-state index in [1.165, 1.54) is 0 Å². The number of hydrogen-bond donors (Lipinski definition) is 2. The van der Waals surface area contributed by atoms with Crippen LogP contribution in [0.15, 0.2) is 0 Å². The molecule has 1 rings (SSSR count). The number of carbonyl (C=O) groups is 1. The molecule has 18 heavy (non-hydrogen) atoms. The third-order valence-electron chi connectivity index (χ3n) is 2.97. The summed E-state index contributed by atoms with van der Waals surface area (Å²) in [5.74, 6) is 0.116. The Morgan fingerprint density at radius 1 is 1.44 bits per heavy atom. The van der Waals surface area contributed by atoms with E-state index in [0.29, 0.717) is 13.0 Å². The largest absolute Gasteiger partial charge is 0.341 e. The maximum Gasteiger partial charge on any atom is 0.222 e. The van der Waals surface area contributed by atoms with Gasteiger partial charge in [-0.3, -0.25) is 4.79 Å². The highest BCUT2D eigenvalue weighted by Crippen LogP contribution is 2.12. The van der Waals surface area contributed by atoms with Crippen molar-refractivity contribution in [2.75, 3.05) is 32.9 Å². The normalized spacial score (nSPS) is 21.0. The van der Waals surface area contributed by atoms with Gasteiger partial charge in [-0.05, 0) is 32.9 Å². The van der Waals surface area contributed by atoms with E-state index in [1.54, 1.807) is 4.90 Å². The summed E-state index contributed by atoms with van der Waals surface area (Å²) in [4.78, 5) is 13.7. The van der Waals surface area contributed by atoms with Crippen molar-refractivity contribution in [1.29, 1.82) is 0 Å². The molecule has 0 saturated carbocycles. The molecule has 0 bridgehead atoms. The van der Waals surface area contributed by atoms with E-state index in [4.69, 9.17) is 0 Å². The van der Waals surface area contributed by atoms with E-state index < -0.39 is 10.0 Å². The Hall–Kier alpha value is -0.660. The fourth-order valence-electron chi connectivity index (χ4n) is 2.18. The van der Waals surface area contributed by atoms with Crippen LogP contribution in [-0.2, 0) is 14.8 Å². The lowest BCUT2D eigenvalue weighted by Gasteiger charge is -2.32. The van der Waals surface area contributed by atoms with Crippen LogP contribution in [0.4, 0.5) is 0 Å². The SMILES string of the molecule is CNCCCC(=O)N1CCCC(NS(C)(=O)=O)C1. The Bertz CT molecular complexity index is 370. The molecule has 1 atom stereocenters. The molecule has 1 amide bonds. The second kappa shape index (κ2) is 7.06. The van der Waals surface area contributed by atoms with Crippen LogP contribution >= 0.6 is 0 Å². The van der Waals surface area contributed by atoms with Crippen LogP contribution in [0.1, 0.15) is 25.7 Å². The molecule has 1 heterocycles. The minimum Gasteiger partial charge on any atom is -0.341 e. The zero-order chi connectivity index (χ0) is 13.6. The lowest BCUT2D eigenvalue weighted by molar-refractivity contribution is -0.132. The number of carbonyl (C=O) groups excluding carboxylic acids is 1. The molecule has 2 N–H and O–H groups in total. The zero-order valence-electron chi connectivity index (χ0n) is 11.1. The summed E-state index contributed by atoms with van der Waals surface area (Å²) in [7, 11) is -1.33. The highest BCUT2D eigenvalue weighted by Gasteiger charge is 2.24. The molecular formula is C11H23N3O3S. The number of rotatable bonds is 6. The Labute approximate surface area is 109 Å². The van der Waals surface area contributed by atoms with Gasteiger partial charge in [0, 0.05) is 25.6 Å². The third-order valence-corrected chi connectivity index (χ3v) is 3.73. The van der Waals surface area contributed by atoms with Gasteiger partial charge in [0.25, 0.3) is 0 Å². The molecule has 1 fully saturated rings. The first-order valence-corrected chi connectivity index (χ1v) is 8.21. The first-order valence-electron chi connectivity index (χ1n) is 6.32. The zero-order valence-corrected chi connectivity index (χ0v) is 11.9. The first-order chi connectivity index (χ1) is 8.42. The van der Waals surface area contributed by atoms with Gasteiger partial charge < -0.3 is 10.2 Å². The van der Waals surface area contributed by atoms with Gasteiger partial charge in [-0.1, -0.05) is 0 Å². The number of piperidine rings is 1. The predicted molar refractivity (Wildman–Crippen MR) is 70.7 cm³/mol. The second-order valence-corrected chi connectivity index (χ2v) is 6.56. The summed E-state index contributed by atoms with van der Waals surface area (Å²) in [5.41, 5.74) is 0. The van der Waals surface area contributed by atoms with Crippen LogP contribution < -0.4 is 10.0 Å². The first kappa shape index (κ1) is 15.4. The molecule has 0 spiro atoms. The van der Waals surface area contributed by atoms with Crippen molar-refractivity contribution in [1.82, 2.24) is 14.9 Å². The van der Waals surface area contributed by atoms with Crippen LogP contribution in [0.25, 0.3) is 0 Å². The molecule has 0 aliphatic carbocycles. The van der Waals surface area contributed by atoms with E-state index in [2.05, 4.69) is 10.0 Å². The predicted octanol–water partition coefficient (Wildman–Crippen LogP) is -0.474. The highest BCUT2D eigenvalue weighted by molar-refractivity contribution is 7.88. The van der Waals surface area contributed by atoms with E-state index in [-0.39, 0.29) is 11.9 Å². The smallest absolute Gasteiger partial charge is 0.222 e. The fourth-order valence-corrected chi connectivity index (χ4v) is 2.98. The summed E-state index contributed by atoms with van der Waals surface area (Å²) >= 11 is 0. The molecule has 0 aromatic heterocycles. The summed E-state index contributed by atoms with van der Waals surface area (Å²) in [6.07, 6.45) is 4.14. The summed E-state index contributed by atoms with van der Waals surface area (Å²) in [6.45, 7) is 2.05. The molecular weight excluding hydrogens is 254 g/mol. The van der Waals surface area contributed by atoms with Gasteiger partial charge in [0.05, 0.1) is 6.26 Å². The fraction of sp³-hybridized carbons (Fsp3) is 0.909. The van der Waals surface area contributed by atoms with Gasteiger partial charge in [-0.15, -0.1) is 0 Å². The Morgan fingerprint density at radius 2 is 2.17 bits per heavy atom. The van der Waals surface area contributed by atoms with Crippen molar-refractivity contribution in [3.05, 3.63) is 0 Å². The number of amides is 1. The van der Waals surface area contributed by atoms with Gasteiger partial charge >= 0.3 is 0 Å². The van der Waals surface area contributed by atoms with Gasteiger partial charge in [0.1, 0.15) is 0 Å². The number of likely N-dealkylation sites (tertiary alicyclic amines) is 1. The molecule has 1 unspecified atom stereocenters. The van der Waals surface area contributed by atoms with Crippen molar-refractivity contribution in [2.45, 2.75) is 31.7 Å². The van der Waals surface area contributed by atoms with Gasteiger partial charge in [-0.25, -0.2) is 13.1 Å². The van der Waals surface area contributed by atoms with Gasteiger partial charge in [0.2, 0.25) is 15.9 Å². The van der Waals surface area contributed by atoms with Crippen molar-refractivity contribution in [3.63, 3.8) is 0 Å². The monoisotopic (exact) mass is 277 g/mol. The number of nitrogens with one attached hydrogen (secondary N) is 2. The van der Waals surface area contributed by atoms with Crippen molar-refractivity contribution in [3.8, 4) is 0 Å². The highest BCUT2D eigenvalue weighted by atomic mass is 32.2. The van der Waals surface area contributed by atoms with E-state index in [9.17, 15) is 13.2 Å². The Kier molecular flexibility index (Phi) is 6.04. The minimum atomic E-state index is -3.19. The lowest BCUT2D eigenvalue weighted by Crippen LogP contribution is -2.49. The molecule has 0 aromatic rings. The minimum absolute atomic E-state index is 0.116. The lowest BCUT2D eigenvalue weighted by atomic mass is 10.1. The number of hydrogen-bond acceptors (Lipinski definition) is 4. The van der Waals surface area contributed by atoms with Crippen LogP contribution in [0, 0.1) is 0 Å². The summed E-state index contributed by atoms with van der Waals surface area (Å²) < 4.78 is 24.9. The molecule has 106 valence electrons. The van der Waals surface area contributed by atoms with E-state index >= 15 is 0 Å². The molecule has 6 nitrogen and oxygen atoms in total. The summed E-state index contributed by atoms with van der Waals surface area (Å²) in [6, 6.07) is -0.137. The second-order valence-electron chi connectivity index (χ2n) is 4.78. The average Bonchev–Trinajstić information content (AvgIpc) is 2.27.